The number of thiophene rings is 1. The predicted octanol–water partition coefficient (Wildman–Crippen LogP) is 11.8. The van der Waals surface area contributed by atoms with Crippen LogP contribution >= 0.6 is 11.3 Å². The Labute approximate surface area is 288 Å². The number of nitrogens with zero attached hydrogens (tertiary/aromatic N) is 2. The lowest BCUT2D eigenvalue weighted by Gasteiger charge is -2.28. The van der Waals surface area contributed by atoms with Crippen molar-refractivity contribution in [2.75, 3.05) is 4.90 Å². The summed E-state index contributed by atoms with van der Waals surface area (Å²) in [6, 6.07) is 53.5. The number of aliphatic imine (C=N–C) groups is 1. The van der Waals surface area contributed by atoms with Crippen molar-refractivity contribution in [3.8, 4) is 0 Å². The van der Waals surface area contributed by atoms with Gasteiger partial charge in [0.1, 0.15) is 0 Å². The summed E-state index contributed by atoms with van der Waals surface area (Å²) in [6.07, 6.45) is 5.29. The normalized spacial score (nSPS) is 13.6. The number of anilines is 3. The second-order valence-electron chi connectivity index (χ2n) is 12.1. The Morgan fingerprint density at radius 3 is 2.04 bits per heavy atom. The molecule has 0 atom stereocenters. The first kappa shape index (κ1) is 28.9. The van der Waals surface area contributed by atoms with E-state index < -0.39 is 0 Å². The first-order valence-corrected chi connectivity index (χ1v) is 17.1. The second kappa shape index (κ2) is 12.1. The minimum atomic E-state index is 0.427. The van der Waals surface area contributed by atoms with Gasteiger partial charge in [0, 0.05) is 60.5 Å². The fourth-order valence-corrected chi connectivity index (χ4v) is 8.01. The van der Waals surface area contributed by atoms with E-state index in [1.54, 1.807) is 18.6 Å². The third-order valence-electron chi connectivity index (χ3n) is 9.20. The highest BCUT2D eigenvalue weighted by molar-refractivity contribution is 7.25. The summed E-state index contributed by atoms with van der Waals surface area (Å²) in [5.41, 5.74) is 7.01. The smallest absolute Gasteiger partial charge is 0.0712 e. The minimum Gasteiger partial charge on any atom is -0.358 e. The van der Waals surface area contributed by atoms with Crippen LogP contribution in [-0.4, -0.2) is 11.9 Å². The molecule has 5 heteroatoms. The van der Waals surface area contributed by atoms with E-state index in [-0.39, 0.29) is 0 Å². The Bertz CT molecular complexity index is 2650. The van der Waals surface area contributed by atoms with Crippen molar-refractivity contribution in [2.24, 2.45) is 4.99 Å². The van der Waals surface area contributed by atoms with Crippen molar-refractivity contribution in [3.63, 3.8) is 0 Å². The summed E-state index contributed by atoms with van der Waals surface area (Å²) in [5.74, 6) is 0. The Kier molecular flexibility index (Phi) is 7.11. The van der Waals surface area contributed by atoms with Gasteiger partial charge in [0.15, 0.2) is 0 Å². The number of hydrogen-bond donors (Lipinski definition) is 2. The van der Waals surface area contributed by atoms with Crippen molar-refractivity contribution in [3.05, 3.63) is 181 Å². The summed E-state index contributed by atoms with van der Waals surface area (Å²) in [7, 11) is 0. The van der Waals surface area contributed by atoms with Gasteiger partial charge >= 0.3 is 0 Å². The van der Waals surface area contributed by atoms with E-state index in [2.05, 4.69) is 137 Å². The van der Waals surface area contributed by atoms with Crippen molar-refractivity contribution in [2.45, 2.75) is 0 Å². The zero-order valence-corrected chi connectivity index (χ0v) is 27.3. The Morgan fingerprint density at radius 1 is 0.571 bits per heavy atom. The molecule has 1 aromatic heterocycles. The molecule has 4 nitrogen and oxygen atoms in total. The fourth-order valence-electron chi connectivity index (χ4n) is 6.92. The molecule has 1 aliphatic rings. The number of benzene rings is 7. The highest BCUT2D eigenvalue weighted by atomic mass is 32.1. The summed E-state index contributed by atoms with van der Waals surface area (Å²) in [4.78, 5) is 6.71. The van der Waals surface area contributed by atoms with Crippen molar-refractivity contribution >= 4 is 87.6 Å². The number of fused-ring (bicyclic) bond motifs is 6. The molecule has 232 valence electrons. The molecule has 0 amide bonds. The third-order valence-corrected chi connectivity index (χ3v) is 10.4. The van der Waals surface area contributed by atoms with Crippen LogP contribution in [0.4, 0.5) is 17.1 Å². The number of nitrogens with one attached hydrogen (secondary N) is 2. The maximum absolute atomic E-state index is 9.42. The van der Waals surface area contributed by atoms with Crippen molar-refractivity contribution < 1.29 is 0 Å². The lowest BCUT2D eigenvalue weighted by atomic mass is 9.93. The van der Waals surface area contributed by atoms with Crippen LogP contribution in [0, 0.1) is 5.41 Å². The summed E-state index contributed by atoms with van der Waals surface area (Å²) < 4.78 is 2.56. The molecule has 0 unspecified atom stereocenters. The summed E-state index contributed by atoms with van der Waals surface area (Å²) >= 11 is 1.83. The lowest BCUT2D eigenvalue weighted by molar-refractivity contribution is 1.12. The molecule has 0 saturated carbocycles. The fraction of sp³-hybridized carbons (Fsp3) is 0. The molecule has 7 aromatic carbocycles. The molecule has 8 aromatic rings. The molecule has 0 spiro atoms. The van der Waals surface area contributed by atoms with Gasteiger partial charge in [-0.05, 0) is 64.2 Å². The molecule has 0 aliphatic carbocycles. The van der Waals surface area contributed by atoms with Gasteiger partial charge in [0.25, 0.3) is 0 Å². The van der Waals surface area contributed by atoms with Gasteiger partial charge in [0.2, 0.25) is 0 Å². The molecule has 9 rings (SSSR count). The first-order valence-electron chi connectivity index (χ1n) is 16.3. The molecule has 49 heavy (non-hydrogen) atoms. The Hall–Kier alpha value is -6.30. The van der Waals surface area contributed by atoms with E-state index in [0.29, 0.717) is 5.71 Å². The highest BCUT2D eigenvalue weighted by Crippen LogP contribution is 2.44. The van der Waals surface area contributed by atoms with Gasteiger partial charge in [-0.2, -0.15) is 0 Å². The molecule has 2 heterocycles. The van der Waals surface area contributed by atoms with Crippen LogP contribution in [0.15, 0.2) is 175 Å². The van der Waals surface area contributed by atoms with Crippen LogP contribution in [0.1, 0.15) is 11.1 Å². The van der Waals surface area contributed by atoms with E-state index in [1.165, 1.54) is 41.7 Å². The standard InChI is InChI=1S/C44H30N4S/c45-44(43(29-10-2-1-3-11-29)39-28-46-24-25-47-39)30-18-20-32(21-19-30)48(33-22-23-42-38(27-33)37-16-8-9-17-41(37)49-42)40-26-31-12-4-5-13-34(31)35-14-6-7-15-36(35)40/h1-28,45,47H. The number of hydrogen-bond acceptors (Lipinski definition) is 5. The SMILES string of the molecule is N=C(C(=C1C=NC=CN1)c1ccccc1)c1ccc(N(c2ccc3sc4ccccc4c3c2)c2cc3ccccc3c3ccccc23)cc1. The van der Waals surface area contributed by atoms with Crippen LogP contribution in [-0.2, 0) is 0 Å². The largest absolute Gasteiger partial charge is 0.358 e. The molecule has 0 fully saturated rings. The molecule has 0 bridgehead atoms. The minimum absolute atomic E-state index is 0.427. The highest BCUT2D eigenvalue weighted by Gasteiger charge is 2.20. The molecule has 0 radical (unpaired) electrons. The van der Waals surface area contributed by atoms with Crippen LogP contribution in [0.3, 0.4) is 0 Å². The zero-order chi connectivity index (χ0) is 32.7. The monoisotopic (exact) mass is 646 g/mol. The second-order valence-corrected chi connectivity index (χ2v) is 13.2. The van der Waals surface area contributed by atoms with E-state index in [9.17, 15) is 5.41 Å². The third kappa shape index (κ3) is 5.08. The van der Waals surface area contributed by atoms with Crippen LogP contribution in [0.25, 0.3) is 47.3 Å². The van der Waals surface area contributed by atoms with Gasteiger partial charge in [0.05, 0.1) is 23.3 Å². The summed E-state index contributed by atoms with van der Waals surface area (Å²) in [5, 5.41) is 20.1. The van der Waals surface area contributed by atoms with E-state index in [4.69, 9.17) is 0 Å². The maximum Gasteiger partial charge on any atom is 0.0712 e. The topological polar surface area (TPSA) is 51.5 Å². The average molecular weight is 647 g/mol. The van der Waals surface area contributed by atoms with Gasteiger partial charge in [-0.25, -0.2) is 0 Å². The van der Waals surface area contributed by atoms with Gasteiger partial charge < -0.3 is 10.2 Å². The Morgan fingerprint density at radius 2 is 1.24 bits per heavy atom. The molecule has 1 aliphatic heterocycles. The van der Waals surface area contributed by atoms with Crippen molar-refractivity contribution in [1.29, 1.82) is 5.41 Å². The average Bonchev–Trinajstić information content (AvgIpc) is 3.54. The lowest BCUT2D eigenvalue weighted by Crippen LogP contribution is -2.17. The quantitative estimate of drug-likeness (QED) is 0.139. The van der Waals surface area contributed by atoms with Gasteiger partial charge in [-0.15, -0.1) is 11.3 Å². The summed E-state index contributed by atoms with van der Waals surface area (Å²) in [6.45, 7) is 0. The first-order chi connectivity index (χ1) is 24.2. The van der Waals surface area contributed by atoms with Gasteiger partial charge in [-0.1, -0.05) is 109 Å². The molecule has 2 N–H and O–H groups in total. The van der Waals surface area contributed by atoms with Crippen molar-refractivity contribution in [1.82, 2.24) is 5.32 Å². The predicted molar refractivity (Wildman–Crippen MR) is 210 cm³/mol. The number of allylic oxidation sites excluding steroid dienone is 2. The van der Waals surface area contributed by atoms with Crippen LogP contribution in [0.2, 0.25) is 0 Å². The Balaban J connectivity index is 1.23. The maximum atomic E-state index is 9.42. The van der Waals surface area contributed by atoms with E-state index >= 15 is 0 Å². The molecule has 0 saturated heterocycles. The van der Waals surface area contributed by atoms with E-state index in [1.807, 2.05) is 41.7 Å². The van der Waals surface area contributed by atoms with Gasteiger partial charge in [-0.3, -0.25) is 10.4 Å². The molecular weight excluding hydrogens is 617 g/mol. The van der Waals surface area contributed by atoms with Crippen LogP contribution < -0.4 is 10.2 Å². The zero-order valence-electron chi connectivity index (χ0n) is 26.5. The molecular formula is C44H30N4S. The van der Waals surface area contributed by atoms with E-state index in [0.717, 1.165) is 39.5 Å². The van der Waals surface area contributed by atoms with Crippen LogP contribution in [0.5, 0.6) is 0 Å². The number of rotatable bonds is 6.